The van der Waals surface area contributed by atoms with Crippen LogP contribution < -0.4 is 5.32 Å². The standard InChI is InChI=1S/C10H13N3O2/c14-9-3-1-2-7(9)13-10(15)8-6-11-4-5-12-8/h4-7,9,14H,1-3H2,(H,13,15)/t7-,9-/m1/s1. The molecule has 1 saturated carbocycles. The monoisotopic (exact) mass is 207 g/mol. The largest absolute Gasteiger partial charge is 0.391 e. The minimum atomic E-state index is -0.425. The summed E-state index contributed by atoms with van der Waals surface area (Å²) < 4.78 is 0. The Morgan fingerprint density at radius 3 is 2.93 bits per heavy atom. The Morgan fingerprint density at radius 1 is 1.47 bits per heavy atom. The van der Waals surface area contributed by atoms with Crippen molar-refractivity contribution in [3.63, 3.8) is 0 Å². The maximum Gasteiger partial charge on any atom is 0.271 e. The van der Waals surface area contributed by atoms with E-state index >= 15 is 0 Å². The number of nitrogens with zero attached hydrogens (tertiary/aromatic N) is 2. The molecule has 0 aliphatic heterocycles. The lowest BCUT2D eigenvalue weighted by molar-refractivity contribution is 0.0868. The molecular formula is C10H13N3O2. The molecule has 0 radical (unpaired) electrons. The molecule has 1 amide bonds. The van der Waals surface area contributed by atoms with Crippen LogP contribution in [0, 0.1) is 0 Å². The maximum atomic E-state index is 11.6. The highest BCUT2D eigenvalue weighted by atomic mass is 16.3. The van der Waals surface area contributed by atoms with Crippen LogP contribution in [0.4, 0.5) is 0 Å². The highest BCUT2D eigenvalue weighted by Crippen LogP contribution is 2.18. The van der Waals surface area contributed by atoms with Crippen molar-refractivity contribution in [2.45, 2.75) is 31.4 Å². The molecule has 0 bridgehead atoms. The topological polar surface area (TPSA) is 75.1 Å². The normalized spacial score (nSPS) is 25.1. The first-order valence-electron chi connectivity index (χ1n) is 5.02. The van der Waals surface area contributed by atoms with Gasteiger partial charge in [0.25, 0.3) is 5.91 Å². The van der Waals surface area contributed by atoms with E-state index in [4.69, 9.17) is 0 Å². The molecule has 0 spiro atoms. The Kier molecular flexibility index (Phi) is 2.91. The number of rotatable bonds is 2. The second kappa shape index (κ2) is 4.35. The third-order valence-corrected chi connectivity index (χ3v) is 2.59. The Balaban J connectivity index is 1.98. The summed E-state index contributed by atoms with van der Waals surface area (Å²) in [5, 5.41) is 12.3. The Bertz CT molecular complexity index is 342. The van der Waals surface area contributed by atoms with Gasteiger partial charge < -0.3 is 10.4 Å². The van der Waals surface area contributed by atoms with Gasteiger partial charge in [0.1, 0.15) is 5.69 Å². The lowest BCUT2D eigenvalue weighted by atomic mass is 10.2. The fourth-order valence-corrected chi connectivity index (χ4v) is 1.77. The Hall–Kier alpha value is -1.49. The van der Waals surface area contributed by atoms with Gasteiger partial charge in [0, 0.05) is 12.4 Å². The average molecular weight is 207 g/mol. The number of hydrogen-bond donors (Lipinski definition) is 2. The van der Waals surface area contributed by atoms with Gasteiger partial charge in [-0.05, 0) is 19.3 Å². The number of carbonyl (C=O) groups is 1. The first-order chi connectivity index (χ1) is 7.27. The van der Waals surface area contributed by atoms with Crippen LogP contribution in [0.3, 0.4) is 0 Å². The van der Waals surface area contributed by atoms with E-state index in [1.54, 1.807) is 0 Å². The van der Waals surface area contributed by atoms with Gasteiger partial charge in [0.15, 0.2) is 0 Å². The first-order valence-corrected chi connectivity index (χ1v) is 5.02. The molecule has 80 valence electrons. The number of aliphatic hydroxyl groups is 1. The van der Waals surface area contributed by atoms with Gasteiger partial charge in [-0.25, -0.2) is 4.98 Å². The fraction of sp³-hybridized carbons (Fsp3) is 0.500. The number of hydrogen-bond acceptors (Lipinski definition) is 4. The van der Waals surface area contributed by atoms with E-state index in [1.807, 2.05) is 0 Å². The SMILES string of the molecule is O=C(N[C@@H]1CCC[C@H]1O)c1cnccn1. The summed E-state index contributed by atoms with van der Waals surface area (Å²) in [6.45, 7) is 0. The average Bonchev–Trinajstić information content (AvgIpc) is 2.66. The van der Waals surface area contributed by atoms with Gasteiger partial charge in [-0.1, -0.05) is 0 Å². The number of amides is 1. The van der Waals surface area contributed by atoms with Gasteiger partial charge in [0.2, 0.25) is 0 Å². The molecule has 1 aromatic heterocycles. The molecule has 1 aliphatic carbocycles. The van der Waals surface area contributed by atoms with Crippen LogP contribution in [0.15, 0.2) is 18.6 Å². The molecule has 0 saturated heterocycles. The van der Waals surface area contributed by atoms with Crippen LogP contribution in [0.1, 0.15) is 29.8 Å². The van der Waals surface area contributed by atoms with Crippen molar-refractivity contribution >= 4 is 5.91 Å². The van der Waals surface area contributed by atoms with Crippen LogP contribution in [0.2, 0.25) is 0 Å². The molecule has 15 heavy (non-hydrogen) atoms. The number of carbonyl (C=O) groups excluding carboxylic acids is 1. The second-order valence-electron chi connectivity index (χ2n) is 3.67. The predicted octanol–water partition coefficient (Wildman–Crippen LogP) is 0.120. The van der Waals surface area contributed by atoms with Gasteiger partial charge in [-0.15, -0.1) is 0 Å². The zero-order valence-electron chi connectivity index (χ0n) is 8.26. The van der Waals surface area contributed by atoms with Crippen LogP contribution in [-0.4, -0.2) is 33.1 Å². The second-order valence-corrected chi connectivity index (χ2v) is 3.67. The molecule has 2 atom stereocenters. The van der Waals surface area contributed by atoms with Crippen molar-refractivity contribution in [3.8, 4) is 0 Å². The molecule has 2 rings (SSSR count). The first kappa shape index (κ1) is 10.0. The summed E-state index contributed by atoms with van der Waals surface area (Å²) in [5.41, 5.74) is 0.289. The van der Waals surface area contributed by atoms with Crippen molar-refractivity contribution < 1.29 is 9.90 Å². The smallest absolute Gasteiger partial charge is 0.271 e. The van der Waals surface area contributed by atoms with E-state index in [9.17, 15) is 9.90 Å². The molecule has 2 N–H and O–H groups in total. The van der Waals surface area contributed by atoms with Crippen molar-refractivity contribution in [1.29, 1.82) is 0 Å². The molecule has 5 heteroatoms. The molecular weight excluding hydrogens is 194 g/mol. The summed E-state index contributed by atoms with van der Waals surface area (Å²) in [4.78, 5) is 19.3. The van der Waals surface area contributed by atoms with E-state index in [0.717, 1.165) is 19.3 Å². The summed E-state index contributed by atoms with van der Waals surface area (Å²) in [6.07, 6.45) is 6.51. The van der Waals surface area contributed by atoms with E-state index in [0.29, 0.717) is 0 Å². The molecule has 1 fully saturated rings. The fourth-order valence-electron chi connectivity index (χ4n) is 1.77. The van der Waals surface area contributed by atoms with Crippen molar-refractivity contribution in [2.24, 2.45) is 0 Å². The third-order valence-electron chi connectivity index (χ3n) is 2.59. The molecule has 5 nitrogen and oxygen atoms in total. The lowest BCUT2D eigenvalue weighted by Gasteiger charge is -2.15. The minimum Gasteiger partial charge on any atom is -0.391 e. The summed E-state index contributed by atoms with van der Waals surface area (Å²) in [5.74, 6) is -0.269. The number of aromatic nitrogens is 2. The highest BCUT2D eigenvalue weighted by molar-refractivity contribution is 5.92. The van der Waals surface area contributed by atoms with Crippen LogP contribution in [0.5, 0.6) is 0 Å². The van der Waals surface area contributed by atoms with E-state index in [-0.39, 0.29) is 17.6 Å². The van der Waals surface area contributed by atoms with Gasteiger partial charge in [0.05, 0.1) is 18.3 Å². The lowest BCUT2D eigenvalue weighted by Crippen LogP contribution is -2.40. The van der Waals surface area contributed by atoms with Gasteiger partial charge in [-0.3, -0.25) is 9.78 Å². The molecule has 1 heterocycles. The van der Waals surface area contributed by atoms with Gasteiger partial charge in [-0.2, -0.15) is 0 Å². The Morgan fingerprint density at radius 2 is 2.33 bits per heavy atom. The van der Waals surface area contributed by atoms with Crippen LogP contribution in [-0.2, 0) is 0 Å². The zero-order valence-corrected chi connectivity index (χ0v) is 8.26. The summed E-state index contributed by atoms with van der Waals surface area (Å²) in [7, 11) is 0. The molecule has 0 aromatic carbocycles. The van der Waals surface area contributed by atoms with Crippen LogP contribution >= 0.6 is 0 Å². The molecule has 1 aromatic rings. The summed E-state index contributed by atoms with van der Waals surface area (Å²) >= 11 is 0. The van der Waals surface area contributed by atoms with Crippen molar-refractivity contribution in [1.82, 2.24) is 15.3 Å². The summed E-state index contributed by atoms with van der Waals surface area (Å²) in [6, 6.07) is -0.139. The molecule has 0 unspecified atom stereocenters. The minimum absolute atomic E-state index is 0.139. The highest BCUT2D eigenvalue weighted by Gasteiger charge is 2.27. The predicted molar refractivity (Wildman–Crippen MR) is 53.1 cm³/mol. The third kappa shape index (κ3) is 2.30. The maximum absolute atomic E-state index is 11.6. The zero-order chi connectivity index (χ0) is 10.7. The molecule has 1 aliphatic rings. The van der Waals surface area contributed by atoms with Gasteiger partial charge >= 0.3 is 0 Å². The number of nitrogens with one attached hydrogen (secondary N) is 1. The van der Waals surface area contributed by atoms with Crippen molar-refractivity contribution in [2.75, 3.05) is 0 Å². The quantitative estimate of drug-likeness (QED) is 0.722. The number of aliphatic hydroxyl groups excluding tert-OH is 1. The van der Waals surface area contributed by atoms with E-state index in [2.05, 4.69) is 15.3 Å². The van der Waals surface area contributed by atoms with Crippen molar-refractivity contribution in [3.05, 3.63) is 24.3 Å². The van der Waals surface area contributed by atoms with E-state index < -0.39 is 6.10 Å². The van der Waals surface area contributed by atoms with Crippen LogP contribution in [0.25, 0.3) is 0 Å². The Labute approximate surface area is 87.6 Å². The van der Waals surface area contributed by atoms with E-state index in [1.165, 1.54) is 18.6 Å².